The average Bonchev–Trinajstić information content (AvgIpc) is 2.39. The van der Waals surface area contributed by atoms with Gasteiger partial charge in [-0.15, -0.1) is 0 Å². The van der Waals surface area contributed by atoms with Crippen LogP contribution in [0, 0.1) is 6.04 Å². The smallest absolute Gasteiger partial charge is 0.320 e. The van der Waals surface area contributed by atoms with Crippen LogP contribution in [0.2, 0.25) is 0 Å². The number of amides is 2. The van der Waals surface area contributed by atoms with Crippen LogP contribution in [0.3, 0.4) is 0 Å². The lowest BCUT2D eigenvalue weighted by molar-refractivity contribution is 0.126. The molecular formula is C13H24N3O. The van der Waals surface area contributed by atoms with Gasteiger partial charge >= 0.3 is 6.03 Å². The second-order valence-corrected chi connectivity index (χ2v) is 5.26. The van der Waals surface area contributed by atoms with E-state index in [0.717, 1.165) is 39.0 Å². The molecule has 1 aliphatic carbocycles. The average molecular weight is 238 g/mol. The van der Waals surface area contributed by atoms with Gasteiger partial charge in [0.15, 0.2) is 0 Å². The quantitative estimate of drug-likeness (QED) is 0.696. The molecule has 0 bridgehead atoms. The molecule has 0 N–H and O–H groups in total. The summed E-state index contributed by atoms with van der Waals surface area (Å²) in [5, 5.41) is 0. The second kappa shape index (κ2) is 5.71. The van der Waals surface area contributed by atoms with E-state index >= 15 is 0 Å². The van der Waals surface area contributed by atoms with Gasteiger partial charge in [-0.25, -0.2) is 4.79 Å². The van der Waals surface area contributed by atoms with Gasteiger partial charge in [-0.2, -0.15) is 0 Å². The molecule has 1 radical (unpaired) electrons. The molecular weight excluding hydrogens is 214 g/mol. The summed E-state index contributed by atoms with van der Waals surface area (Å²) >= 11 is 0. The Labute approximate surface area is 105 Å². The van der Waals surface area contributed by atoms with Crippen molar-refractivity contribution in [2.75, 3.05) is 40.3 Å². The summed E-state index contributed by atoms with van der Waals surface area (Å²) in [5.41, 5.74) is 0. The molecule has 0 aromatic heterocycles. The molecule has 0 aromatic rings. The normalized spacial score (nSPS) is 23.8. The molecule has 17 heavy (non-hydrogen) atoms. The summed E-state index contributed by atoms with van der Waals surface area (Å²) in [6.07, 6.45) is 6.03. The number of rotatable bonds is 1. The molecule has 2 fully saturated rings. The fourth-order valence-electron chi connectivity index (χ4n) is 2.64. The SMILES string of the molecule is CN1CCN(C(=O)N(C)[C]2CCCCC2)CC1. The predicted octanol–water partition coefficient (Wildman–Crippen LogP) is 1.78. The maximum atomic E-state index is 12.3. The standard InChI is InChI=1S/C13H24N3O/c1-14-8-10-16(11-9-14)13(17)15(2)12-6-4-3-5-7-12/h3-11H2,1-2H3. The summed E-state index contributed by atoms with van der Waals surface area (Å²) < 4.78 is 0. The van der Waals surface area contributed by atoms with Crippen LogP contribution < -0.4 is 0 Å². The predicted molar refractivity (Wildman–Crippen MR) is 68.6 cm³/mol. The van der Waals surface area contributed by atoms with E-state index in [1.807, 2.05) is 16.8 Å². The van der Waals surface area contributed by atoms with Gasteiger partial charge in [-0.05, 0) is 19.9 Å². The highest BCUT2D eigenvalue weighted by Crippen LogP contribution is 2.28. The minimum atomic E-state index is 0.204. The lowest BCUT2D eigenvalue weighted by Crippen LogP contribution is -2.51. The Morgan fingerprint density at radius 3 is 2.24 bits per heavy atom. The minimum Gasteiger partial charge on any atom is -0.322 e. The van der Waals surface area contributed by atoms with Crippen LogP contribution in [0.5, 0.6) is 0 Å². The van der Waals surface area contributed by atoms with E-state index in [1.165, 1.54) is 25.3 Å². The van der Waals surface area contributed by atoms with E-state index in [0.29, 0.717) is 0 Å². The molecule has 2 amide bonds. The highest BCUT2D eigenvalue weighted by atomic mass is 16.2. The molecule has 1 saturated heterocycles. The summed E-state index contributed by atoms with van der Waals surface area (Å²) in [7, 11) is 4.06. The molecule has 1 heterocycles. The lowest BCUT2D eigenvalue weighted by atomic mass is 9.95. The van der Waals surface area contributed by atoms with Crippen molar-refractivity contribution < 1.29 is 4.79 Å². The zero-order valence-corrected chi connectivity index (χ0v) is 11.1. The first kappa shape index (κ1) is 12.7. The summed E-state index contributed by atoms with van der Waals surface area (Å²) in [6, 6.07) is 1.54. The largest absolute Gasteiger partial charge is 0.322 e. The summed E-state index contributed by atoms with van der Waals surface area (Å²) in [5.74, 6) is 0. The number of hydrogen-bond donors (Lipinski definition) is 0. The Morgan fingerprint density at radius 2 is 1.65 bits per heavy atom. The molecule has 0 atom stereocenters. The highest BCUT2D eigenvalue weighted by Gasteiger charge is 2.27. The van der Waals surface area contributed by atoms with Gasteiger partial charge in [-0.3, -0.25) is 0 Å². The second-order valence-electron chi connectivity index (χ2n) is 5.26. The van der Waals surface area contributed by atoms with E-state index in [4.69, 9.17) is 0 Å². The van der Waals surface area contributed by atoms with Crippen molar-refractivity contribution in [2.24, 2.45) is 0 Å². The van der Waals surface area contributed by atoms with Gasteiger partial charge < -0.3 is 14.7 Å². The Bertz CT molecular complexity index is 255. The van der Waals surface area contributed by atoms with Gasteiger partial charge in [0.2, 0.25) is 0 Å². The maximum Gasteiger partial charge on any atom is 0.320 e. The van der Waals surface area contributed by atoms with E-state index in [9.17, 15) is 4.79 Å². The molecule has 1 saturated carbocycles. The lowest BCUT2D eigenvalue weighted by Gasteiger charge is -2.38. The molecule has 4 nitrogen and oxygen atoms in total. The number of nitrogens with zero attached hydrogens (tertiary/aromatic N) is 3. The first-order chi connectivity index (χ1) is 8.18. The molecule has 0 unspecified atom stereocenters. The Kier molecular flexibility index (Phi) is 4.26. The maximum absolute atomic E-state index is 12.3. The van der Waals surface area contributed by atoms with Crippen LogP contribution in [0.25, 0.3) is 0 Å². The van der Waals surface area contributed by atoms with Gasteiger partial charge in [0.1, 0.15) is 0 Å². The summed E-state index contributed by atoms with van der Waals surface area (Å²) in [4.78, 5) is 18.5. The van der Waals surface area contributed by atoms with Gasteiger partial charge in [0.25, 0.3) is 0 Å². The van der Waals surface area contributed by atoms with Crippen molar-refractivity contribution in [2.45, 2.75) is 32.1 Å². The Morgan fingerprint density at radius 1 is 1.06 bits per heavy atom. The van der Waals surface area contributed by atoms with Crippen LogP contribution in [0.4, 0.5) is 4.79 Å². The van der Waals surface area contributed by atoms with Crippen molar-refractivity contribution in [3.8, 4) is 0 Å². The number of urea groups is 1. The van der Waals surface area contributed by atoms with Gasteiger partial charge in [0.05, 0.1) is 6.04 Å². The molecule has 4 heteroatoms. The van der Waals surface area contributed by atoms with Crippen molar-refractivity contribution >= 4 is 6.03 Å². The summed E-state index contributed by atoms with van der Waals surface area (Å²) in [6.45, 7) is 3.73. The van der Waals surface area contributed by atoms with Crippen molar-refractivity contribution in [3.63, 3.8) is 0 Å². The van der Waals surface area contributed by atoms with E-state index < -0.39 is 0 Å². The first-order valence-corrected chi connectivity index (χ1v) is 6.74. The monoisotopic (exact) mass is 238 g/mol. The number of hydrogen-bond acceptors (Lipinski definition) is 2. The Hall–Kier alpha value is -0.770. The van der Waals surface area contributed by atoms with Gasteiger partial charge in [-0.1, -0.05) is 19.3 Å². The number of piperazine rings is 1. The van der Waals surface area contributed by atoms with Crippen molar-refractivity contribution in [1.29, 1.82) is 0 Å². The van der Waals surface area contributed by atoms with Crippen LogP contribution in [0.1, 0.15) is 32.1 Å². The topological polar surface area (TPSA) is 26.8 Å². The van der Waals surface area contributed by atoms with Crippen molar-refractivity contribution in [1.82, 2.24) is 14.7 Å². The third-order valence-corrected chi connectivity index (χ3v) is 3.97. The fourth-order valence-corrected chi connectivity index (χ4v) is 2.64. The fraction of sp³-hybridized carbons (Fsp3) is 0.846. The molecule has 0 spiro atoms. The minimum absolute atomic E-state index is 0.204. The number of carbonyl (C=O) groups is 1. The van der Waals surface area contributed by atoms with Crippen LogP contribution in [-0.4, -0.2) is 61.0 Å². The molecule has 2 aliphatic rings. The van der Waals surface area contributed by atoms with E-state index in [-0.39, 0.29) is 6.03 Å². The molecule has 0 aromatic carbocycles. The zero-order valence-electron chi connectivity index (χ0n) is 11.1. The van der Waals surface area contributed by atoms with Crippen LogP contribution in [0.15, 0.2) is 0 Å². The number of carbonyl (C=O) groups excluding carboxylic acids is 1. The third-order valence-electron chi connectivity index (χ3n) is 3.97. The van der Waals surface area contributed by atoms with Gasteiger partial charge in [0, 0.05) is 33.2 Å². The molecule has 2 rings (SSSR count). The molecule has 1 aliphatic heterocycles. The first-order valence-electron chi connectivity index (χ1n) is 6.74. The van der Waals surface area contributed by atoms with E-state index in [1.54, 1.807) is 0 Å². The molecule has 97 valence electrons. The van der Waals surface area contributed by atoms with E-state index in [2.05, 4.69) is 11.9 Å². The van der Waals surface area contributed by atoms with Crippen LogP contribution >= 0.6 is 0 Å². The zero-order chi connectivity index (χ0) is 12.3. The number of likely N-dealkylation sites (N-methyl/N-ethyl adjacent to an activating group) is 1. The van der Waals surface area contributed by atoms with Crippen molar-refractivity contribution in [3.05, 3.63) is 6.04 Å². The third kappa shape index (κ3) is 3.12. The highest BCUT2D eigenvalue weighted by molar-refractivity contribution is 5.75. The Balaban J connectivity index is 1.85. The van der Waals surface area contributed by atoms with Crippen LogP contribution in [-0.2, 0) is 0 Å².